The van der Waals surface area contributed by atoms with Gasteiger partial charge in [0.25, 0.3) is 0 Å². The average Bonchev–Trinajstić information content (AvgIpc) is 2.54. The summed E-state index contributed by atoms with van der Waals surface area (Å²) in [4.78, 5) is 0. The fourth-order valence-corrected chi connectivity index (χ4v) is 2.27. The van der Waals surface area contributed by atoms with Gasteiger partial charge in [-0.2, -0.15) is 0 Å². The van der Waals surface area contributed by atoms with Gasteiger partial charge in [0.15, 0.2) is 0 Å². The van der Waals surface area contributed by atoms with Crippen molar-refractivity contribution in [1.82, 2.24) is 5.32 Å². The predicted octanol–water partition coefficient (Wildman–Crippen LogP) is 3.09. The van der Waals surface area contributed by atoms with Crippen LogP contribution in [-0.4, -0.2) is 30.4 Å². The topological polar surface area (TPSA) is 41.5 Å². The van der Waals surface area contributed by atoms with E-state index in [0.29, 0.717) is 6.61 Å². The second-order valence-electron chi connectivity index (χ2n) is 5.40. The number of aliphatic hydroxyl groups excluding tert-OH is 1. The van der Waals surface area contributed by atoms with Gasteiger partial charge in [-0.05, 0) is 25.1 Å². The van der Waals surface area contributed by atoms with Gasteiger partial charge in [0.1, 0.15) is 12.4 Å². The Balaban J connectivity index is 2.18. The molecule has 3 nitrogen and oxygen atoms in total. The van der Waals surface area contributed by atoms with E-state index in [1.54, 1.807) is 0 Å². The average molecular weight is 285 g/mol. The summed E-state index contributed by atoms with van der Waals surface area (Å²) in [6.45, 7) is 5.23. The molecule has 112 valence electrons. The SMILES string of the molecule is CCNC(C)(CO)COc1ccccc1-c1ccccc1. The van der Waals surface area contributed by atoms with E-state index in [2.05, 4.69) is 17.4 Å². The van der Waals surface area contributed by atoms with Crippen molar-refractivity contribution in [1.29, 1.82) is 0 Å². The number of benzene rings is 2. The van der Waals surface area contributed by atoms with Crippen molar-refractivity contribution in [2.75, 3.05) is 19.8 Å². The van der Waals surface area contributed by atoms with Gasteiger partial charge in [-0.1, -0.05) is 55.5 Å². The summed E-state index contributed by atoms with van der Waals surface area (Å²) < 4.78 is 5.98. The Kier molecular flexibility index (Phi) is 5.37. The Hall–Kier alpha value is -1.84. The molecule has 0 aliphatic carbocycles. The number of nitrogens with one attached hydrogen (secondary N) is 1. The highest BCUT2D eigenvalue weighted by Crippen LogP contribution is 2.29. The molecule has 0 aromatic heterocycles. The summed E-state index contributed by atoms with van der Waals surface area (Å²) in [5.41, 5.74) is 1.76. The normalized spacial score (nSPS) is 13.7. The van der Waals surface area contributed by atoms with Crippen LogP contribution in [0.4, 0.5) is 0 Å². The number of para-hydroxylation sites is 1. The van der Waals surface area contributed by atoms with E-state index in [1.165, 1.54) is 0 Å². The molecule has 3 heteroatoms. The first-order valence-electron chi connectivity index (χ1n) is 7.31. The molecule has 0 aliphatic rings. The lowest BCUT2D eigenvalue weighted by Gasteiger charge is -2.28. The van der Waals surface area contributed by atoms with Crippen molar-refractivity contribution >= 4 is 0 Å². The van der Waals surface area contributed by atoms with E-state index < -0.39 is 5.54 Å². The van der Waals surface area contributed by atoms with Crippen molar-refractivity contribution in [3.8, 4) is 16.9 Å². The summed E-state index contributed by atoms with van der Waals surface area (Å²) >= 11 is 0. The molecule has 1 atom stereocenters. The van der Waals surface area contributed by atoms with Gasteiger partial charge in [-0.25, -0.2) is 0 Å². The lowest BCUT2D eigenvalue weighted by molar-refractivity contribution is 0.118. The monoisotopic (exact) mass is 285 g/mol. The maximum Gasteiger partial charge on any atom is 0.127 e. The second kappa shape index (κ2) is 7.25. The number of ether oxygens (including phenoxy) is 1. The zero-order valence-electron chi connectivity index (χ0n) is 12.7. The van der Waals surface area contributed by atoms with Gasteiger partial charge < -0.3 is 15.2 Å². The van der Waals surface area contributed by atoms with Gasteiger partial charge in [-0.3, -0.25) is 0 Å². The van der Waals surface area contributed by atoms with Gasteiger partial charge >= 0.3 is 0 Å². The fourth-order valence-electron chi connectivity index (χ4n) is 2.27. The molecule has 21 heavy (non-hydrogen) atoms. The third-order valence-corrected chi connectivity index (χ3v) is 3.47. The Labute approximate surface area is 126 Å². The second-order valence-corrected chi connectivity index (χ2v) is 5.40. The molecule has 0 bridgehead atoms. The van der Waals surface area contributed by atoms with Crippen molar-refractivity contribution in [3.05, 3.63) is 54.6 Å². The molecule has 0 fully saturated rings. The Morgan fingerprint density at radius 3 is 2.38 bits per heavy atom. The van der Waals surface area contributed by atoms with E-state index in [9.17, 15) is 5.11 Å². The lowest BCUT2D eigenvalue weighted by atomic mass is 10.0. The molecular weight excluding hydrogens is 262 g/mol. The zero-order valence-corrected chi connectivity index (χ0v) is 12.7. The lowest BCUT2D eigenvalue weighted by Crippen LogP contribution is -2.50. The Bertz CT molecular complexity index is 556. The summed E-state index contributed by atoms with van der Waals surface area (Å²) in [6.07, 6.45) is 0. The molecule has 0 amide bonds. The van der Waals surface area contributed by atoms with Crippen LogP contribution in [0.25, 0.3) is 11.1 Å². The minimum atomic E-state index is -0.432. The van der Waals surface area contributed by atoms with E-state index in [-0.39, 0.29) is 6.61 Å². The van der Waals surface area contributed by atoms with Crippen molar-refractivity contribution in [3.63, 3.8) is 0 Å². The Morgan fingerprint density at radius 2 is 1.71 bits per heavy atom. The number of hydrogen-bond donors (Lipinski definition) is 2. The first-order chi connectivity index (χ1) is 10.2. The van der Waals surface area contributed by atoms with E-state index in [0.717, 1.165) is 23.4 Å². The Morgan fingerprint density at radius 1 is 1.05 bits per heavy atom. The van der Waals surface area contributed by atoms with Gasteiger partial charge in [0.05, 0.1) is 12.1 Å². The summed E-state index contributed by atoms with van der Waals surface area (Å²) in [7, 11) is 0. The van der Waals surface area contributed by atoms with Crippen LogP contribution in [0.2, 0.25) is 0 Å². The van der Waals surface area contributed by atoms with Crippen LogP contribution in [0.1, 0.15) is 13.8 Å². The van der Waals surface area contributed by atoms with E-state index >= 15 is 0 Å². The molecule has 0 spiro atoms. The van der Waals surface area contributed by atoms with Crippen LogP contribution in [0.15, 0.2) is 54.6 Å². The minimum absolute atomic E-state index is 0.0361. The largest absolute Gasteiger partial charge is 0.491 e. The molecule has 0 heterocycles. The molecule has 2 aromatic rings. The zero-order chi connectivity index (χ0) is 15.1. The van der Waals surface area contributed by atoms with Crippen LogP contribution in [0.3, 0.4) is 0 Å². The first-order valence-corrected chi connectivity index (χ1v) is 7.31. The van der Waals surface area contributed by atoms with Gasteiger partial charge in [0, 0.05) is 5.56 Å². The van der Waals surface area contributed by atoms with Crippen LogP contribution in [0.5, 0.6) is 5.75 Å². The molecule has 0 aliphatic heterocycles. The molecular formula is C18H23NO2. The molecule has 0 saturated carbocycles. The van der Waals surface area contributed by atoms with E-state index in [4.69, 9.17) is 4.74 Å². The maximum atomic E-state index is 9.54. The van der Waals surface area contributed by atoms with Crippen molar-refractivity contribution < 1.29 is 9.84 Å². The summed E-state index contributed by atoms with van der Waals surface area (Å²) in [6, 6.07) is 18.2. The van der Waals surface area contributed by atoms with Crippen LogP contribution >= 0.6 is 0 Å². The number of likely N-dealkylation sites (N-methyl/N-ethyl adjacent to an activating group) is 1. The van der Waals surface area contributed by atoms with Crippen LogP contribution < -0.4 is 10.1 Å². The molecule has 1 unspecified atom stereocenters. The summed E-state index contributed by atoms with van der Waals surface area (Å²) in [5, 5.41) is 12.8. The summed E-state index contributed by atoms with van der Waals surface area (Å²) in [5.74, 6) is 0.835. The van der Waals surface area contributed by atoms with Crippen molar-refractivity contribution in [2.45, 2.75) is 19.4 Å². The van der Waals surface area contributed by atoms with Crippen LogP contribution in [0, 0.1) is 0 Å². The highest BCUT2D eigenvalue weighted by molar-refractivity contribution is 5.70. The molecule has 2 rings (SSSR count). The van der Waals surface area contributed by atoms with Gasteiger partial charge in [0.2, 0.25) is 0 Å². The minimum Gasteiger partial charge on any atom is -0.491 e. The smallest absolute Gasteiger partial charge is 0.127 e. The molecule has 2 N–H and O–H groups in total. The van der Waals surface area contributed by atoms with E-state index in [1.807, 2.05) is 56.3 Å². The molecule has 2 aromatic carbocycles. The highest BCUT2D eigenvalue weighted by atomic mass is 16.5. The number of hydrogen-bond acceptors (Lipinski definition) is 3. The van der Waals surface area contributed by atoms with Crippen LogP contribution in [-0.2, 0) is 0 Å². The third kappa shape index (κ3) is 4.06. The highest BCUT2D eigenvalue weighted by Gasteiger charge is 2.23. The number of aliphatic hydroxyl groups is 1. The molecule has 0 saturated heterocycles. The molecule has 0 radical (unpaired) electrons. The van der Waals surface area contributed by atoms with Crippen molar-refractivity contribution in [2.24, 2.45) is 0 Å². The predicted molar refractivity (Wildman–Crippen MR) is 86.5 cm³/mol. The fraction of sp³-hybridized carbons (Fsp3) is 0.333. The maximum absolute atomic E-state index is 9.54. The first kappa shape index (κ1) is 15.5. The third-order valence-electron chi connectivity index (χ3n) is 3.47. The quantitative estimate of drug-likeness (QED) is 0.821. The standard InChI is InChI=1S/C18H23NO2/c1-3-19-18(2,13-20)14-21-17-12-8-7-11-16(17)15-9-5-4-6-10-15/h4-12,19-20H,3,13-14H2,1-2H3. The van der Waals surface area contributed by atoms with Gasteiger partial charge in [-0.15, -0.1) is 0 Å². The number of rotatable bonds is 7.